The minimum Gasteiger partial charge on any atom is -0.486 e. The molecule has 1 aromatic carbocycles. The molecule has 2 aromatic rings. The summed E-state index contributed by atoms with van der Waals surface area (Å²) in [5.74, 6) is 2.68. The van der Waals surface area contributed by atoms with Crippen molar-refractivity contribution in [3.63, 3.8) is 0 Å². The molecular weight excluding hydrogens is 444 g/mol. The summed E-state index contributed by atoms with van der Waals surface area (Å²) in [6, 6.07) is 10.7. The van der Waals surface area contributed by atoms with Crippen molar-refractivity contribution in [2.75, 3.05) is 77.0 Å². The number of piperazine rings is 2. The Bertz CT molecular complexity index is 1030. The van der Waals surface area contributed by atoms with Crippen LogP contribution in [0.1, 0.15) is 19.3 Å². The van der Waals surface area contributed by atoms with E-state index in [9.17, 15) is 4.79 Å². The lowest BCUT2D eigenvalue weighted by Gasteiger charge is -2.43. The van der Waals surface area contributed by atoms with E-state index in [1.54, 1.807) is 0 Å². The summed E-state index contributed by atoms with van der Waals surface area (Å²) in [7, 11) is 0. The third-order valence-corrected chi connectivity index (χ3v) is 7.80. The summed E-state index contributed by atoms with van der Waals surface area (Å²) in [6.07, 6.45) is 4.04. The van der Waals surface area contributed by atoms with Gasteiger partial charge in [0.15, 0.2) is 17.3 Å². The quantitative estimate of drug-likeness (QED) is 0.644. The number of benzene rings is 1. The van der Waals surface area contributed by atoms with Gasteiger partial charge in [0.1, 0.15) is 13.2 Å². The summed E-state index contributed by atoms with van der Waals surface area (Å²) in [6.45, 7) is 8.90. The molecule has 186 valence electrons. The SMILES string of the molecule is O=C(CN1CCN(c2ccc(-c3ccc4c(c3)OCCO4)nn2)CC1)N1CCN(C2CCC2)CC1. The Hall–Kier alpha value is -2.91. The second-order valence-corrected chi connectivity index (χ2v) is 9.90. The van der Waals surface area contributed by atoms with Crippen molar-refractivity contribution in [3.05, 3.63) is 30.3 Å². The Morgan fingerprint density at radius 2 is 1.63 bits per heavy atom. The van der Waals surface area contributed by atoms with Crippen molar-refractivity contribution >= 4 is 11.7 Å². The number of amides is 1. The maximum atomic E-state index is 12.9. The van der Waals surface area contributed by atoms with Crippen molar-refractivity contribution in [3.8, 4) is 22.8 Å². The summed E-state index contributed by atoms with van der Waals surface area (Å²) in [4.78, 5) is 22.0. The Labute approximate surface area is 206 Å². The monoisotopic (exact) mass is 478 g/mol. The van der Waals surface area contributed by atoms with Crippen LogP contribution in [0.4, 0.5) is 5.82 Å². The Balaban J connectivity index is 0.984. The van der Waals surface area contributed by atoms with E-state index >= 15 is 0 Å². The van der Waals surface area contributed by atoms with Crippen LogP contribution in [0.25, 0.3) is 11.3 Å². The smallest absolute Gasteiger partial charge is 0.236 e. The summed E-state index contributed by atoms with van der Waals surface area (Å²) in [5, 5.41) is 8.95. The van der Waals surface area contributed by atoms with E-state index in [-0.39, 0.29) is 5.91 Å². The van der Waals surface area contributed by atoms with Gasteiger partial charge in [-0.25, -0.2) is 0 Å². The maximum Gasteiger partial charge on any atom is 0.236 e. The van der Waals surface area contributed by atoms with Crippen molar-refractivity contribution < 1.29 is 14.3 Å². The summed E-state index contributed by atoms with van der Waals surface area (Å²) < 4.78 is 11.3. The standard InChI is InChI=1S/C26H34N6O3/c33-26(32-14-12-30(13-15-32)21-2-1-3-21)19-29-8-10-31(11-9-29)25-7-5-22(27-28-25)20-4-6-23-24(18-20)35-17-16-34-23/h4-7,18,21H,1-3,8-17,19H2. The second-order valence-electron chi connectivity index (χ2n) is 9.90. The molecule has 0 radical (unpaired) electrons. The van der Waals surface area contributed by atoms with Gasteiger partial charge in [-0.15, -0.1) is 10.2 Å². The van der Waals surface area contributed by atoms with Crippen molar-refractivity contribution in [2.45, 2.75) is 25.3 Å². The number of nitrogens with zero attached hydrogens (tertiary/aromatic N) is 6. The van der Waals surface area contributed by atoms with E-state index in [4.69, 9.17) is 9.47 Å². The molecule has 4 heterocycles. The zero-order chi connectivity index (χ0) is 23.6. The van der Waals surface area contributed by atoms with Gasteiger partial charge in [0.25, 0.3) is 0 Å². The van der Waals surface area contributed by atoms with Crippen molar-refractivity contribution in [1.29, 1.82) is 0 Å². The Kier molecular flexibility index (Phi) is 6.43. The highest BCUT2D eigenvalue weighted by molar-refractivity contribution is 5.78. The maximum absolute atomic E-state index is 12.9. The average Bonchev–Trinajstić information content (AvgIpc) is 2.88. The third kappa shape index (κ3) is 4.92. The third-order valence-electron chi connectivity index (χ3n) is 7.80. The lowest BCUT2D eigenvalue weighted by Crippen LogP contribution is -2.56. The number of fused-ring (bicyclic) bond motifs is 1. The number of ether oxygens (including phenoxy) is 2. The molecule has 2 saturated heterocycles. The Morgan fingerprint density at radius 3 is 2.31 bits per heavy atom. The van der Waals surface area contributed by atoms with Crippen LogP contribution in [-0.4, -0.2) is 109 Å². The van der Waals surface area contributed by atoms with E-state index < -0.39 is 0 Å². The van der Waals surface area contributed by atoms with Gasteiger partial charge in [-0.3, -0.25) is 14.6 Å². The first-order valence-electron chi connectivity index (χ1n) is 13.0. The first kappa shape index (κ1) is 22.5. The van der Waals surface area contributed by atoms with Gasteiger partial charge in [0.2, 0.25) is 5.91 Å². The molecule has 1 aromatic heterocycles. The summed E-state index contributed by atoms with van der Waals surface area (Å²) >= 11 is 0. The van der Waals surface area contributed by atoms with Crippen LogP contribution in [-0.2, 0) is 4.79 Å². The molecular formula is C26H34N6O3. The molecule has 1 aliphatic carbocycles. The minimum absolute atomic E-state index is 0.273. The van der Waals surface area contributed by atoms with Gasteiger partial charge in [-0.05, 0) is 43.2 Å². The van der Waals surface area contributed by atoms with Gasteiger partial charge in [0.05, 0.1) is 12.2 Å². The van der Waals surface area contributed by atoms with E-state index in [1.807, 2.05) is 30.3 Å². The van der Waals surface area contributed by atoms with Gasteiger partial charge < -0.3 is 19.3 Å². The molecule has 0 spiro atoms. The number of carbonyl (C=O) groups excluding carboxylic acids is 1. The molecule has 35 heavy (non-hydrogen) atoms. The molecule has 1 saturated carbocycles. The van der Waals surface area contributed by atoms with Gasteiger partial charge in [-0.2, -0.15) is 0 Å². The molecule has 9 heteroatoms. The summed E-state index contributed by atoms with van der Waals surface area (Å²) in [5.41, 5.74) is 1.78. The van der Waals surface area contributed by atoms with Crippen LogP contribution in [0.3, 0.4) is 0 Å². The molecule has 3 aliphatic heterocycles. The van der Waals surface area contributed by atoms with E-state index in [2.05, 4.69) is 29.8 Å². The molecule has 4 aliphatic rings. The van der Waals surface area contributed by atoms with Crippen LogP contribution >= 0.6 is 0 Å². The lowest BCUT2D eigenvalue weighted by molar-refractivity contribution is -0.134. The predicted molar refractivity (Wildman–Crippen MR) is 133 cm³/mol. The largest absolute Gasteiger partial charge is 0.486 e. The highest BCUT2D eigenvalue weighted by atomic mass is 16.6. The zero-order valence-electron chi connectivity index (χ0n) is 20.3. The predicted octanol–water partition coefficient (Wildman–Crippen LogP) is 1.73. The number of rotatable bonds is 5. The Morgan fingerprint density at radius 1 is 0.857 bits per heavy atom. The fourth-order valence-corrected chi connectivity index (χ4v) is 5.37. The molecule has 0 atom stereocenters. The minimum atomic E-state index is 0.273. The van der Waals surface area contributed by atoms with Gasteiger partial charge in [0, 0.05) is 64.0 Å². The van der Waals surface area contributed by atoms with Gasteiger partial charge >= 0.3 is 0 Å². The molecule has 1 amide bonds. The van der Waals surface area contributed by atoms with Crippen LogP contribution < -0.4 is 14.4 Å². The van der Waals surface area contributed by atoms with E-state index in [1.165, 1.54) is 19.3 Å². The molecule has 6 rings (SSSR count). The lowest BCUT2D eigenvalue weighted by atomic mass is 9.91. The first-order chi connectivity index (χ1) is 17.2. The molecule has 0 unspecified atom stereocenters. The number of aromatic nitrogens is 2. The van der Waals surface area contributed by atoms with Crippen LogP contribution in [0.5, 0.6) is 11.5 Å². The number of anilines is 1. The van der Waals surface area contributed by atoms with Gasteiger partial charge in [-0.1, -0.05) is 6.42 Å². The number of carbonyl (C=O) groups is 1. The zero-order valence-corrected chi connectivity index (χ0v) is 20.3. The van der Waals surface area contributed by atoms with Crippen molar-refractivity contribution in [2.24, 2.45) is 0 Å². The second kappa shape index (κ2) is 9.99. The molecule has 3 fully saturated rings. The topological polar surface area (TPSA) is 74.3 Å². The van der Waals surface area contributed by atoms with Crippen LogP contribution in [0.2, 0.25) is 0 Å². The van der Waals surface area contributed by atoms with Crippen LogP contribution in [0, 0.1) is 0 Å². The normalized spacial score (nSPS) is 21.6. The molecule has 9 nitrogen and oxygen atoms in total. The number of hydrogen-bond donors (Lipinski definition) is 0. The van der Waals surface area contributed by atoms with E-state index in [0.29, 0.717) is 19.8 Å². The van der Waals surface area contributed by atoms with Crippen molar-refractivity contribution in [1.82, 2.24) is 24.9 Å². The fourth-order valence-electron chi connectivity index (χ4n) is 5.37. The number of hydrogen-bond acceptors (Lipinski definition) is 8. The van der Waals surface area contributed by atoms with E-state index in [0.717, 1.165) is 87.0 Å². The fraction of sp³-hybridized carbons (Fsp3) is 0.577. The van der Waals surface area contributed by atoms with Crippen LogP contribution in [0.15, 0.2) is 30.3 Å². The highest BCUT2D eigenvalue weighted by Crippen LogP contribution is 2.34. The molecule has 0 bridgehead atoms. The first-order valence-corrected chi connectivity index (χ1v) is 13.0. The average molecular weight is 479 g/mol. The molecule has 0 N–H and O–H groups in total. The highest BCUT2D eigenvalue weighted by Gasteiger charge is 2.30.